The van der Waals surface area contributed by atoms with Gasteiger partial charge in [0.25, 0.3) is 5.56 Å². The monoisotopic (exact) mass is 660 g/mol. The number of rotatable bonds is 7. The minimum atomic E-state index is -1.00. The van der Waals surface area contributed by atoms with Crippen LogP contribution in [0.15, 0.2) is 65.7 Å². The van der Waals surface area contributed by atoms with E-state index in [4.69, 9.17) is 17.3 Å². The normalized spacial score (nSPS) is 14.8. The van der Waals surface area contributed by atoms with Crippen LogP contribution >= 0.6 is 47.8 Å². The topological polar surface area (TPSA) is 102 Å². The molecule has 1 aliphatic rings. The number of aliphatic hydroxyl groups is 1. The lowest BCUT2D eigenvalue weighted by Crippen LogP contribution is -2.47. The molecule has 0 amide bonds. The summed E-state index contributed by atoms with van der Waals surface area (Å²) in [4.78, 5) is 22.8. The average molecular weight is 662 g/mol. The molecule has 0 aliphatic carbocycles. The van der Waals surface area contributed by atoms with Crippen molar-refractivity contribution in [2.24, 2.45) is 12.8 Å². The molecule has 1 fully saturated rings. The van der Waals surface area contributed by atoms with Gasteiger partial charge in [0.1, 0.15) is 5.52 Å². The van der Waals surface area contributed by atoms with Crippen molar-refractivity contribution < 1.29 is 5.11 Å². The number of benzene rings is 2. The Bertz CT molecular complexity index is 1770. The highest BCUT2D eigenvalue weighted by Gasteiger charge is 2.33. The predicted molar refractivity (Wildman–Crippen MR) is 180 cm³/mol. The maximum Gasteiger partial charge on any atom is 0.281 e. The van der Waals surface area contributed by atoms with Crippen molar-refractivity contribution in [3.05, 3.63) is 92.3 Å². The fourth-order valence-electron chi connectivity index (χ4n) is 5.59. The second kappa shape index (κ2) is 13.5. The first-order chi connectivity index (χ1) is 19.7. The molecule has 8 nitrogen and oxygen atoms in total. The van der Waals surface area contributed by atoms with E-state index in [1.165, 1.54) is 20.6 Å². The van der Waals surface area contributed by atoms with Crippen molar-refractivity contribution >= 4 is 58.8 Å². The number of halogens is 3. The smallest absolute Gasteiger partial charge is 0.281 e. The maximum atomic E-state index is 13.4. The molecule has 3 aromatic heterocycles. The van der Waals surface area contributed by atoms with Crippen LogP contribution in [-0.2, 0) is 26.7 Å². The largest absolute Gasteiger partial charge is 0.388 e. The molecule has 0 bridgehead atoms. The Hall–Kier alpha value is -2.76. The van der Waals surface area contributed by atoms with E-state index in [1.807, 2.05) is 37.4 Å². The molecule has 6 rings (SSSR count). The lowest BCUT2D eigenvalue weighted by Gasteiger charge is -2.38. The number of nitrogens with two attached hydrogens (primary N) is 1. The zero-order valence-corrected chi connectivity index (χ0v) is 27.2. The number of hydrogen-bond donors (Lipinski definition) is 2. The van der Waals surface area contributed by atoms with E-state index in [0.717, 1.165) is 39.5 Å². The highest BCUT2D eigenvalue weighted by atomic mass is 35.5. The maximum absolute atomic E-state index is 13.4. The zero-order valence-electron chi connectivity index (χ0n) is 24.0. The van der Waals surface area contributed by atoms with Crippen LogP contribution in [0.25, 0.3) is 32.7 Å². The molecule has 0 saturated carbocycles. The van der Waals surface area contributed by atoms with Gasteiger partial charge in [0.2, 0.25) is 0 Å². The van der Waals surface area contributed by atoms with E-state index >= 15 is 0 Å². The van der Waals surface area contributed by atoms with Gasteiger partial charge in [0.05, 0.1) is 24.2 Å². The number of aryl methyl sites for hydroxylation is 2. The van der Waals surface area contributed by atoms with Crippen LogP contribution in [0, 0.1) is 6.92 Å². The van der Waals surface area contributed by atoms with E-state index < -0.39 is 5.60 Å². The molecule has 1 saturated heterocycles. The first-order valence-electron chi connectivity index (χ1n) is 13.7. The fourth-order valence-corrected chi connectivity index (χ4v) is 6.70. The highest BCUT2D eigenvalue weighted by molar-refractivity contribution is 7.15. The quantitative estimate of drug-likeness (QED) is 0.228. The molecule has 0 radical (unpaired) electrons. The van der Waals surface area contributed by atoms with Crippen LogP contribution in [0.5, 0.6) is 0 Å². The average Bonchev–Trinajstić information content (AvgIpc) is 3.55. The minimum Gasteiger partial charge on any atom is -0.388 e. The summed E-state index contributed by atoms with van der Waals surface area (Å²) in [5.74, 6) is 0. The van der Waals surface area contributed by atoms with Crippen molar-refractivity contribution in [3.8, 4) is 21.7 Å². The molecule has 4 heterocycles. The molecule has 43 heavy (non-hydrogen) atoms. The molecule has 228 valence electrons. The minimum absolute atomic E-state index is 0. The van der Waals surface area contributed by atoms with Crippen LogP contribution in [0.2, 0.25) is 5.02 Å². The van der Waals surface area contributed by atoms with Gasteiger partial charge >= 0.3 is 0 Å². The standard InChI is InChI=1S/C31H33ClN6O2S.2ClH/c1-20-3-10-26(41-20)23-8-9-24(25(32)15-23)17-37-13-11-31(40,12-14-37)18-38-19-34-27-28(30(38)39)35-36(2)29(27)22-6-4-21(16-33)5-7-22;;/h3-10,15,19,40H,11-14,16-18,33H2,1-2H3;2*1H. The summed E-state index contributed by atoms with van der Waals surface area (Å²) in [5.41, 5.74) is 10.2. The second-order valence-corrected chi connectivity index (χ2v) is 12.7. The number of aromatic nitrogens is 4. The van der Waals surface area contributed by atoms with Crippen molar-refractivity contribution in [2.75, 3.05) is 13.1 Å². The number of likely N-dealkylation sites (tertiary alicyclic amines) is 1. The Kier molecular flexibility index (Phi) is 10.4. The number of thiophene rings is 1. The Morgan fingerprint density at radius 1 is 1.02 bits per heavy atom. The van der Waals surface area contributed by atoms with Gasteiger partial charge in [-0.1, -0.05) is 48.0 Å². The lowest BCUT2D eigenvalue weighted by molar-refractivity contribution is -0.0364. The van der Waals surface area contributed by atoms with Gasteiger partial charge < -0.3 is 10.8 Å². The molecule has 0 unspecified atom stereocenters. The summed E-state index contributed by atoms with van der Waals surface area (Å²) < 4.78 is 3.18. The Labute approximate surface area is 271 Å². The summed E-state index contributed by atoms with van der Waals surface area (Å²) in [6.45, 7) is 4.87. The van der Waals surface area contributed by atoms with E-state index in [0.29, 0.717) is 43.5 Å². The van der Waals surface area contributed by atoms with Crippen molar-refractivity contribution in [2.45, 2.75) is 45.0 Å². The first kappa shape index (κ1) is 33.1. The van der Waals surface area contributed by atoms with Gasteiger partial charge in [-0.2, -0.15) is 5.10 Å². The zero-order chi connectivity index (χ0) is 28.7. The Balaban J connectivity index is 0.00000212. The van der Waals surface area contributed by atoms with E-state index in [1.54, 1.807) is 16.0 Å². The Morgan fingerprint density at radius 3 is 2.35 bits per heavy atom. The fraction of sp³-hybridized carbons (Fsp3) is 0.323. The van der Waals surface area contributed by atoms with E-state index in [-0.39, 0.29) is 36.9 Å². The van der Waals surface area contributed by atoms with Crippen molar-refractivity contribution in [1.29, 1.82) is 0 Å². The highest BCUT2D eigenvalue weighted by Crippen LogP contribution is 2.32. The van der Waals surface area contributed by atoms with E-state index in [2.05, 4.69) is 46.2 Å². The number of fused-ring (bicyclic) bond motifs is 1. The van der Waals surface area contributed by atoms with Gasteiger partial charge in [-0.25, -0.2) is 4.98 Å². The number of piperidine rings is 1. The van der Waals surface area contributed by atoms with Gasteiger partial charge in [0.15, 0.2) is 5.52 Å². The number of nitrogens with zero attached hydrogens (tertiary/aromatic N) is 5. The third kappa shape index (κ3) is 6.83. The van der Waals surface area contributed by atoms with Crippen LogP contribution in [0.1, 0.15) is 28.8 Å². The SMILES string of the molecule is Cc1ccc(-c2ccc(CN3CCC(O)(Cn4cnc5c(-c6ccc(CN)cc6)n(C)nc5c4=O)CC3)c(Cl)c2)s1.Cl.Cl. The summed E-state index contributed by atoms with van der Waals surface area (Å²) >= 11 is 8.43. The van der Waals surface area contributed by atoms with Crippen LogP contribution < -0.4 is 11.3 Å². The molecule has 0 atom stereocenters. The van der Waals surface area contributed by atoms with Gasteiger partial charge in [0, 0.05) is 53.6 Å². The molecule has 0 spiro atoms. The van der Waals surface area contributed by atoms with Gasteiger partial charge in [-0.15, -0.1) is 36.2 Å². The van der Waals surface area contributed by atoms with Crippen molar-refractivity contribution in [1.82, 2.24) is 24.2 Å². The summed E-state index contributed by atoms with van der Waals surface area (Å²) in [5, 5.41) is 16.7. The molecule has 3 N–H and O–H groups in total. The summed E-state index contributed by atoms with van der Waals surface area (Å²) in [7, 11) is 1.81. The van der Waals surface area contributed by atoms with Crippen LogP contribution in [0.3, 0.4) is 0 Å². The van der Waals surface area contributed by atoms with Gasteiger partial charge in [-0.05, 0) is 54.7 Å². The summed E-state index contributed by atoms with van der Waals surface area (Å²) in [6, 6.07) is 18.4. The first-order valence-corrected chi connectivity index (χ1v) is 14.9. The predicted octanol–water partition coefficient (Wildman–Crippen LogP) is 5.82. The van der Waals surface area contributed by atoms with Crippen molar-refractivity contribution in [3.63, 3.8) is 0 Å². The molecule has 1 aliphatic heterocycles. The van der Waals surface area contributed by atoms with Crippen LogP contribution in [-0.4, -0.2) is 48.0 Å². The second-order valence-electron chi connectivity index (χ2n) is 11.0. The molecule has 12 heteroatoms. The third-order valence-electron chi connectivity index (χ3n) is 8.00. The number of hydrogen-bond acceptors (Lipinski definition) is 7. The molecule has 2 aromatic carbocycles. The lowest BCUT2D eigenvalue weighted by atomic mass is 9.91. The van der Waals surface area contributed by atoms with E-state index in [9.17, 15) is 9.90 Å². The molecular formula is C31H35Cl3N6O2S. The Morgan fingerprint density at radius 2 is 1.72 bits per heavy atom. The summed E-state index contributed by atoms with van der Waals surface area (Å²) in [6.07, 6.45) is 2.62. The molecular weight excluding hydrogens is 627 g/mol. The third-order valence-corrected chi connectivity index (χ3v) is 9.40. The molecule has 5 aromatic rings. The van der Waals surface area contributed by atoms with Gasteiger partial charge in [-0.3, -0.25) is 18.9 Å². The van der Waals surface area contributed by atoms with Crippen LogP contribution in [0.4, 0.5) is 0 Å².